The maximum absolute atomic E-state index is 12.8. The van der Waals surface area contributed by atoms with E-state index in [4.69, 9.17) is 9.47 Å². The molecule has 2 aliphatic rings. The standard InChI is InChI=1S/C26H27N3O4/c1-26(2)32-15-21(33-26)25(31)29-22-14-17(11-12-27-22)24-18(13-16-7-4-3-5-8-16)23-19(28-24)9-6-10-20(23)30/h3-5,7-8,11-12,14,21,28H,6,9-10,13,15H2,1-2H3,(H,27,29,31)/t21-/m0/s1. The number of fused-ring (bicyclic) bond motifs is 1. The molecule has 1 saturated heterocycles. The normalized spacial score (nSPS) is 19.3. The lowest BCUT2D eigenvalue weighted by Gasteiger charge is -2.16. The van der Waals surface area contributed by atoms with Crippen molar-refractivity contribution in [3.05, 3.63) is 71.0 Å². The maximum Gasteiger partial charge on any atom is 0.257 e. The minimum atomic E-state index is -0.778. The van der Waals surface area contributed by atoms with Crippen LogP contribution in [0.25, 0.3) is 11.3 Å². The first-order valence-electron chi connectivity index (χ1n) is 11.3. The molecule has 1 aliphatic carbocycles. The summed E-state index contributed by atoms with van der Waals surface area (Å²) in [5, 5.41) is 2.84. The molecular weight excluding hydrogens is 418 g/mol. The molecule has 0 saturated carbocycles. The third kappa shape index (κ3) is 4.47. The number of anilines is 1. The lowest BCUT2D eigenvalue weighted by molar-refractivity contribution is -0.150. The van der Waals surface area contributed by atoms with Crippen LogP contribution in [0.2, 0.25) is 0 Å². The van der Waals surface area contributed by atoms with Gasteiger partial charge in [0.1, 0.15) is 5.82 Å². The second-order valence-corrected chi connectivity index (χ2v) is 9.01. The molecule has 1 aliphatic heterocycles. The average molecular weight is 446 g/mol. The number of nitrogens with zero attached hydrogens (tertiary/aromatic N) is 1. The molecular formula is C26H27N3O4. The van der Waals surface area contributed by atoms with Crippen LogP contribution in [-0.2, 0) is 27.1 Å². The lowest BCUT2D eigenvalue weighted by Crippen LogP contribution is -2.32. The molecule has 1 fully saturated rings. The summed E-state index contributed by atoms with van der Waals surface area (Å²) < 4.78 is 11.1. The quantitative estimate of drug-likeness (QED) is 0.612. The molecule has 5 rings (SSSR count). The number of aryl methyl sites for hydroxylation is 1. The summed E-state index contributed by atoms with van der Waals surface area (Å²) in [6, 6.07) is 13.9. The minimum absolute atomic E-state index is 0.188. The molecule has 0 bridgehead atoms. The summed E-state index contributed by atoms with van der Waals surface area (Å²) in [4.78, 5) is 33.3. The van der Waals surface area contributed by atoms with Gasteiger partial charge >= 0.3 is 0 Å². The lowest BCUT2D eigenvalue weighted by atomic mass is 9.90. The molecule has 33 heavy (non-hydrogen) atoms. The van der Waals surface area contributed by atoms with Gasteiger partial charge in [0.15, 0.2) is 17.7 Å². The Labute approximate surface area is 192 Å². The van der Waals surface area contributed by atoms with Crippen LogP contribution >= 0.6 is 0 Å². The minimum Gasteiger partial charge on any atom is -0.358 e. The molecule has 0 spiro atoms. The SMILES string of the molecule is CC1(C)OC[C@@H](C(=O)Nc2cc(-c3[nH]c4c(c3Cc3ccccc3)C(=O)CCC4)ccn2)O1. The number of benzene rings is 1. The number of aromatic amines is 1. The molecule has 170 valence electrons. The number of H-pyrrole nitrogens is 1. The van der Waals surface area contributed by atoms with Gasteiger partial charge < -0.3 is 19.8 Å². The summed E-state index contributed by atoms with van der Waals surface area (Å²) >= 11 is 0. The maximum atomic E-state index is 12.8. The van der Waals surface area contributed by atoms with E-state index in [9.17, 15) is 9.59 Å². The van der Waals surface area contributed by atoms with Crippen molar-refractivity contribution in [3.63, 3.8) is 0 Å². The monoisotopic (exact) mass is 445 g/mol. The first kappa shape index (κ1) is 21.6. The zero-order chi connectivity index (χ0) is 23.0. The Morgan fingerprint density at radius 2 is 2.03 bits per heavy atom. The van der Waals surface area contributed by atoms with E-state index >= 15 is 0 Å². The highest BCUT2D eigenvalue weighted by Gasteiger charge is 2.37. The van der Waals surface area contributed by atoms with Crippen LogP contribution in [0.3, 0.4) is 0 Å². The number of rotatable bonds is 5. The van der Waals surface area contributed by atoms with Crippen LogP contribution in [0.4, 0.5) is 5.82 Å². The number of amides is 1. The summed E-state index contributed by atoms with van der Waals surface area (Å²) in [5.74, 6) is -0.459. The Morgan fingerprint density at radius 1 is 1.21 bits per heavy atom. The van der Waals surface area contributed by atoms with Gasteiger partial charge in [0, 0.05) is 35.9 Å². The molecule has 7 nitrogen and oxygen atoms in total. The predicted molar refractivity (Wildman–Crippen MR) is 124 cm³/mol. The number of hydrogen-bond donors (Lipinski definition) is 2. The third-order valence-electron chi connectivity index (χ3n) is 6.12. The summed E-state index contributed by atoms with van der Waals surface area (Å²) in [7, 11) is 0. The molecule has 3 heterocycles. The zero-order valence-corrected chi connectivity index (χ0v) is 18.8. The highest BCUT2D eigenvalue weighted by molar-refractivity contribution is 6.02. The van der Waals surface area contributed by atoms with Crippen molar-refractivity contribution < 1.29 is 19.1 Å². The molecule has 0 unspecified atom stereocenters. The Bertz CT molecular complexity index is 1200. The van der Waals surface area contributed by atoms with E-state index in [2.05, 4.69) is 27.4 Å². The Hall–Kier alpha value is -3.29. The number of carbonyl (C=O) groups is 2. The smallest absolute Gasteiger partial charge is 0.257 e. The number of hydrogen-bond acceptors (Lipinski definition) is 5. The summed E-state index contributed by atoms with van der Waals surface area (Å²) in [6.45, 7) is 3.76. The number of pyridine rings is 1. The molecule has 2 N–H and O–H groups in total. The van der Waals surface area contributed by atoms with E-state index in [-0.39, 0.29) is 18.3 Å². The van der Waals surface area contributed by atoms with Crippen molar-refractivity contribution in [2.24, 2.45) is 0 Å². The van der Waals surface area contributed by atoms with E-state index in [1.54, 1.807) is 20.0 Å². The number of Topliss-reactive ketones (excluding diaryl/α,β-unsaturated/α-hetero) is 1. The average Bonchev–Trinajstić information content (AvgIpc) is 3.35. The highest BCUT2D eigenvalue weighted by Crippen LogP contribution is 2.35. The summed E-state index contributed by atoms with van der Waals surface area (Å²) in [5.41, 5.74) is 5.73. The molecule has 0 radical (unpaired) electrons. The molecule has 1 amide bonds. The first-order valence-corrected chi connectivity index (χ1v) is 11.3. The van der Waals surface area contributed by atoms with Crippen LogP contribution < -0.4 is 5.32 Å². The van der Waals surface area contributed by atoms with Crippen LogP contribution in [0.15, 0.2) is 48.7 Å². The van der Waals surface area contributed by atoms with Gasteiger partial charge in [-0.15, -0.1) is 0 Å². The molecule has 3 aromatic rings. The molecule has 1 atom stereocenters. The van der Waals surface area contributed by atoms with Gasteiger partial charge in [0.2, 0.25) is 0 Å². The number of ether oxygens (including phenoxy) is 2. The van der Waals surface area contributed by atoms with Crippen LogP contribution in [0.1, 0.15) is 53.9 Å². The molecule has 1 aromatic carbocycles. The van der Waals surface area contributed by atoms with Crippen molar-refractivity contribution in [2.45, 2.75) is 51.4 Å². The second-order valence-electron chi connectivity index (χ2n) is 9.01. The predicted octanol–water partition coefficient (Wildman–Crippen LogP) is 4.28. The number of aromatic nitrogens is 2. The van der Waals surface area contributed by atoms with Gasteiger partial charge in [0.25, 0.3) is 5.91 Å². The fourth-order valence-corrected chi connectivity index (χ4v) is 4.57. The van der Waals surface area contributed by atoms with Crippen molar-refractivity contribution >= 4 is 17.5 Å². The third-order valence-corrected chi connectivity index (χ3v) is 6.12. The van der Waals surface area contributed by atoms with Crippen LogP contribution in [0.5, 0.6) is 0 Å². The van der Waals surface area contributed by atoms with Gasteiger partial charge in [-0.1, -0.05) is 30.3 Å². The van der Waals surface area contributed by atoms with E-state index < -0.39 is 11.9 Å². The number of nitrogens with one attached hydrogen (secondary N) is 2. The van der Waals surface area contributed by atoms with E-state index in [1.807, 2.05) is 30.3 Å². The van der Waals surface area contributed by atoms with E-state index in [1.165, 1.54) is 0 Å². The van der Waals surface area contributed by atoms with Crippen molar-refractivity contribution in [3.8, 4) is 11.3 Å². The Kier molecular flexibility index (Phi) is 5.60. The zero-order valence-electron chi connectivity index (χ0n) is 18.8. The van der Waals surface area contributed by atoms with Gasteiger partial charge in [-0.2, -0.15) is 0 Å². The van der Waals surface area contributed by atoms with Crippen LogP contribution in [-0.4, -0.2) is 40.2 Å². The van der Waals surface area contributed by atoms with E-state index in [0.717, 1.165) is 46.5 Å². The number of carbonyl (C=O) groups excluding carboxylic acids is 2. The fourth-order valence-electron chi connectivity index (χ4n) is 4.57. The Balaban J connectivity index is 1.47. The van der Waals surface area contributed by atoms with Gasteiger partial charge in [-0.05, 0) is 49.9 Å². The summed E-state index contributed by atoms with van der Waals surface area (Å²) in [6.07, 6.45) is 3.91. The number of ketones is 1. The van der Waals surface area contributed by atoms with Gasteiger partial charge in [-0.3, -0.25) is 9.59 Å². The van der Waals surface area contributed by atoms with Crippen molar-refractivity contribution in [1.29, 1.82) is 0 Å². The van der Waals surface area contributed by atoms with Crippen molar-refractivity contribution in [2.75, 3.05) is 11.9 Å². The molecule has 2 aromatic heterocycles. The van der Waals surface area contributed by atoms with Crippen LogP contribution in [0, 0.1) is 0 Å². The highest BCUT2D eigenvalue weighted by atomic mass is 16.7. The van der Waals surface area contributed by atoms with Gasteiger partial charge in [0.05, 0.1) is 12.3 Å². The molecule has 7 heteroatoms. The van der Waals surface area contributed by atoms with Crippen molar-refractivity contribution in [1.82, 2.24) is 9.97 Å². The second kappa shape index (κ2) is 8.57. The largest absolute Gasteiger partial charge is 0.358 e. The van der Waals surface area contributed by atoms with Gasteiger partial charge in [-0.25, -0.2) is 4.98 Å². The van der Waals surface area contributed by atoms with E-state index in [0.29, 0.717) is 18.7 Å². The Morgan fingerprint density at radius 3 is 2.79 bits per heavy atom. The first-order chi connectivity index (χ1) is 15.9. The topological polar surface area (TPSA) is 93.3 Å². The fraction of sp³-hybridized carbons (Fsp3) is 0.346.